The number of aromatic nitrogens is 3. The first-order valence-corrected chi connectivity index (χ1v) is 6.19. The third-order valence-corrected chi connectivity index (χ3v) is 3.23. The second-order valence-electron chi connectivity index (χ2n) is 4.52. The van der Waals surface area contributed by atoms with Gasteiger partial charge in [-0.25, -0.2) is 8.91 Å². The van der Waals surface area contributed by atoms with Crippen LogP contribution in [0.5, 0.6) is 0 Å². The first kappa shape index (κ1) is 12.6. The van der Waals surface area contributed by atoms with E-state index in [-0.39, 0.29) is 17.9 Å². The summed E-state index contributed by atoms with van der Waals surface area (Å²) >= 11 is 0. The molecule has 3 aromatic rings. The maximum atomic E-state index is 13.9. The van der Waals surface area contributed by atoms with E-state index >= 15 is 0 Å². The number of rotatable bonds is 3. The van der Waals surface area contributed by atoms with E-state index < -0.39 is 0 Å². The fourth-order valence-corrected chi connectivity index (χ4v) is 2.11. The van der Waals surface area contributed by atoms with Crippen molar-refractivity contribution in [3.05, 3.63) is 70.2 Å². The lowest BCUT2D eigenvalue weighted by Gasteiger charge is -2.08. The largest absolute Gasteiger partial charge is 0.326 e. The molecule has 1 aromatic carbocycles. The Balaban J connectivity index is 2.01. The number of nitrogens with two attached hydrogens (primary N) is 1. The zero-order chi connectivity index (χ0) is 14.1. The highest BCUT2D eigenvalue weighted by Crippen LogP contribution is 2.11. The van der Waals surface area contributed by atoms with E-state index in [1.807, 2.05) is 0 Å². The summed E-state index contributed by atoms with van der Waals surface area (Å²) in [5.74, 6) is -0.353. The Morgan fingerprint density at radius 2 is 2.10 bits per heavy atom. The number of halogens is 1. The van der Waals surface area contributed by atoms with Crippen molar-refractivity contribution < 1.29 is 4.39 Å². The Morgan fingerprint density at radius 1 is 1.25 bits per heavy atom. The minimum atomic E-state index is -0.353. The summed E-state index contributed by atoms with van der Waals surface area (Å²) < 4.78 is 16.9. The average Bonchev–Trinajstić information content (AvgIpc) is 2.93. The van der Waals surface area contributed by atoms with Crippen LogP contribution in [0, 0.1) is 5.82 Å². The number of fused-ring (bicyclic) bond motifs is 1. The topological polar surface area (TPSA) is 65.3 Å². The number of hydrogen-bond donors (Lipinski definition) is 1. The molecule has 20 heavy (non-hydrogen) atoms. The predicted octanol–water partition coefficient (Wildman–Crippen LogP) is 1.14. The molecule has 5 nitrogen and oxygen atoms in total. The molecule has 0 aliphatic rings. The maximum Gasteiger partial charge on any atom is 0.276 e. The van der Waals surface area contributed by atoms with Crippen LogP contribution in [-0.4, -0.2) is 14.2 Å². The van der Waals surface area contributed by atoms with Crippen LogP contribution in [0.1, 0.15) is 11.1 Å². The highest BCUT2D eigenvalue weighted by Gasteiger charge is 2.07. The molecule has 0 bridgehead atoms. The van der Waals surface area contributed by atoms with Crippen LogP contribution in [-0.2, 0) is 13.1 Å². The highest BCUT2D eigenvalue weighted by molar-refractivity contribution is 5.42. The minimum absolute atomic E-state index is 0.178. The monoisotopic (exact) mass is 272 g/mol. The fourth-order valence-electron chi connectivity index (χ4n) is 2.11. The van der Waals surface area contributed by atoms with Crippen LogP contribution in [0.25, 0.3) is 5.52 Å². The summed E-state index contributed by atoms with van der Waals surface area (Å²) in [6.07, 6.45) is 4.82. The number of benzene rings is 1. The summed E-state index contributed by atoms with van der Waals surface area (Å²) in [6, 6.07) is 6.45. The summed E-state index contributed by atoms with van der Waals surface area (Å²) in [4.78, 5) is 12.2. The van der Waals surface area contributed by atoms with Gasteiger partial charge < -0.3 is 10.3 Å². The molecule has 2 heterocycles. The first-order valence-electron chi connectivity index (χ1n) is 6.19. The van der Waals surface area contributed by atoms with Crippen LogP contribution in [0.2, 0.25) is 0 Å². The number of nitrogens with zero attached hydrogens (tertiary/aromatic N) is 3. The Bertz CT molecular complexity index is 821. The molecule has 0 unspecified atom stereocenters. The van der Waals surface area contributed by atoms with Crippen LogP contribution < -0.4 is 11.3 Å². The molecule has 0 atom stereocenters. The lowest BCUT2D eigenvalue weighted by Crippen LogP contribution is -2.22. The smallest absolute Gasteiger partial charge is 0.276 e. The zero-order valence-electron chi connectivity index (χ0n) is 10.7. The van der Waals surface area contributed by atoms with Crippen molar-refractivity contribution in [2.45, 2.75) is 13.1 Å². The maximum absolute atomic E-state index is 13.9. The van der Waals surface area contributed by atoms with Crippen molar-refractivity contribution in [3.8, 4) is 0 Å². The Kier molecular flexibility index (Phi) is 3.08. The Hall–Kier alpha value is -2.47. The van der Waals surface area contributed by atoms with Gasteiger partial charge in [0.2, 0.25) is 0 Å². The summed E-state index contributed by atoms with van der Waals surface area (Å²) in [5.41, 5.74) is 6.91. The van der Waals surface area contributed by atoms with Gasteiger partial charge in [-0.15, -0.1) is 0 Å². The van der Waals surface area contributed by atoms with Crippen molar-refractivity contribution in [2.75, 3.05) is 0 Å². The van der Waals surface area contributed by atoms with Crippen LogP contribution >= 0.6 is 0 Å². The lowest BCUT2D eigenvalue weighted by molar-refractivity contribution is 0.593. The third kappa shape index (κ3) is 2.10. The van der Waals surface area contributed by atoms with Gasteiger partial charge in [0, 0.05) is 24.5 Å². The van der Waals surface area contributed by atoms with Crippen molar-refractivity contribution in [3.63, 3.8) is 0 Å². The average molecular weight is 272 g/mol. The van der Waals surface area contributed by atoms with E-state index in [1.54, 1.807) is 36.8 Å². The summed E-state index contributed by atoms with van der Waals surface area (Å²) in [5, 5.41) is 3.98. The molecule has 3 rings (SSSR count). The second kappa shape index (κ2) is 4.90. The molecule has 102 valence electrons. The van der Waals surface area contributed by atoms with Gasteiger partial charge in [-0.3, -0.25) is 4.79 Å². The quantitative estimate of drug-likeness (QED) is 0.777. The van der Waals surface area contributed by atoms with Gasteiger partial charge in [0.25, 0.3) is 5.56 Å². The van der Waals surface area contributed by atoms with E-state index in [9.17, 15) is 9.18 Å². The minimum Gasteiger partial charge on any atom is -0.326 e. The molecule has 2 N–H and O–H groups in total. The molecule has 0 aliphatic carbocycles. The van der Waals surface area contributed by atoms with E-state index in [0.717, 1.165) is 5.56 Å². The molecular weight excluding hydrogens is 259 g/mol. The second-order valence-corrected chi connectivity index (χ2v) is 4.52. The molecular formula is C14H13FN4O. The number of hydrogen-bond acceptors (Lipinski definition) is 3. The zero-order valence-corrected chi connectivity index (χ0v) is 10.7. The van der Waals surface area contributed by atoms with Gasteiger partial charge >= 0.3 is 0 Å². The standard InChI is InChI=1S/C14H13FN4O/c15-12-7-10(8-16)1-2-11(12)9-18-5-6-19-13(14(18)20)3-4-17-19/h1-7H,8-9,16H2. The molecule has 2 aromatic heterocycles. The van der Waals surface area contributed by atoms with Gasteiger partial charge in [-0.2, -0.15) is 5.10 Å². The molecule has 0 spiro atoms. The van der Waals surface area contributed by atoms with E-state index in [2.05, 4.69) is 5.10 Å². The highest BCUT2D eigenvalue weighted by atomic mass is 19.1. The van der Waals surface area contributed by atoms with E-state index in [4.69, 9.17) is 5.73 Å². The van der Waals surface area contributed by atoms with Crippen LogP contribution in [0.15, 0.2) is 47.7 Å². The normalized spacial score (nSPS) is 11.1. The third-order valence-electron chi connectivity index (χ3n) is 3.23. The predicted molar refractivity (Wildman–Crippen MR) is 72.8 cm³/mol. The molecule has 0 saturated heterocycles. The van der Waals surface area contributed by atoms with Crippen molar-refractivity contribution in [1.29, 1.82) is 0 Å². The molecule has 0 saturated carbocycles. The van der Waals surface area contributed by atoms with E-state index in [0.29, 0.717) is 17.6 Å². The van der Waals surface area contributed by atoms with Gasteiger partial charge in [0.05, 0.1) is 12.7 Å². The molecule has 6 heteroatoms. The first-order chi connectivity index (χ1) is 9.69. The van der Waals surface area contributed by atoms with Crippen molar-refractivity contribution in [2.24, 2.45) is 5.73 Å². The molecule has 0 radical (unpaired) electrons. The fraction of sp³-hybridized carbons (Fsp3) is 0.143. The van der Waals surface area contributed by atoms with Gasteiger partial charge in [0.15, 0.2) is 0 Å². The summed E-state index contributed by atoms with van der Waals surface area (Å²) in [7, 11) is 0. The van der Waals surface area contributed by atoms with Crippen molar-refractivity contribution >= 4 is 5.52 Å². The van der Waals surface area contributed by atoms with Gasteiger partial charge in [0.1, 0.15) is 11.3 Å². The van der Waals surface area contributed by atoms with E-state index in [1.165, 1.54) is 15.1 Å². The van der Waals surface area contributed by atoms with Crippen LogP contribution in [0.3, 0.4) is 0 Å². The molecule has 0 amide bonds. The van der Waals surface area contributed by atoms with Crippen LogP contribution in [0.4, 0.5) is 4.39 Å². The Morgan fingerprint density at radius 3 is 2.85 bits per heavy atom. The molecule has 0 aliphatic heterocycles. The van der Waals surface area contributed by atoms with Gasteiger partial charge in [-0.1, -0.05) is 12.1 Å². The lowest BCUT2D eigenvalue weighted by atomic mass is 10.1. The summed E-state index contributed by atoms with van der Waals surface area (Å²) in [6.45, 7) is 0.468. The van der Waals surface area contributed by atoms with Crippen molar-refractivity contribution in [1.82, 2.24) is 14.2 Å². The van der Waals surface area contributed by atoms with Gasteiger partial charge in [-0.05, 0) is 17.7 Å². The SMILES string of the molecule is NCc1ccc(Cn2ccn3nccc3c2=O)c(F)c1. The molecule has 0 fully saturated rings. The Labute approximate surface area is 114 Å².